The van der Waals surface area contributed by atoms with Crippen molar-refractivity contribution in [2.75, 3.05) is 26.3 Å². The molecule has 0 radical (unpaired) electrons. The first kappa shape index (κ1) is 19.1. The number of morpholine rings is 1. The summed E-state index contributed by atoms with van der Waals surface area (Å²) in [6, 6.07) is 0. The first-order valence-electron chi connectivity index (χ1n) is 9.98. The maximum absolute atomic E-state index is 12.9. The van der Waals surface area contributed by atoms with E-state index in [0.717, 1.165) is 19.3 Å². The molecular weight excluding hydrogens is 334 g/mol. The van der Waals surface area contributed by atoms with Gasteiger partial charge in [-0.2, -0.15) is 0 Å². The van der Waals surface area contributed by atoms with Crippen molar-refractivity contribution < 1.29 is 19.1 Å². The summed E-state index contributed by atoms with van der Waals surface area (Å²) >= 11 is 0. The Morgan fingerprint density at radius 2 is 1.77 bits per heavy atom. The molecule has 1 heterocycles. The molecule has 3 amide bonds. The molecule has 7 nitrogen and oxygen atoms in total. The number of nitrogens with one attached hydrogen (secondary N) is 1. The highest BCUT2D eigenvalue weighted by molar-refractivity contribution is 5.94. The molecule has 0 aromatic carbocycles. The Balaban J connectivity index is 1.63. The lowest BCUT2D eigenvalue weighted by Gasteiger charge is -2.30. The van der Waals surface area contributed by atoms with Gasteiger partial charge in [0.15, 0.2) is 0 Å². The summed E-state index contributed by atoms with van der Waals surface area (Å²) in [6.45, 7) is 2.27. The fraction of sp³-hybridized carbons (Fsp3) is 0.842. The minimum Gasteiger partial charge on any atom is -0.378 e. The number of hydrogen-bond donors (Lipinski definition) is 2. The standard InChI is InChI=1S/C19H31N3O4/c20-18(25)19(6-7-19)21-17(24)15(12-14-4-2-1-3-5-14)13-16(23)22-8-10-26-11-9-22/h14-15H,1-13H2,(H2,20,25)(H,21,24). The van der Waals surface area contributed by atoms with E-state index < -0.39 is 11.4 Å². The summed E-state index contributed by atoms with van der Waals surface area (Å²) in [6.07, 6.45) is 8.01. The largest absolute Gasteiger partial charge is 0.378 e. The van der Waals surface area contributed by atoms with Gasteiger partial charge in [0, 0.05) is 25.4 Å². The molecule has 146 valence electrons. The van der Waals surface area contributed by atoms with Gasteiger partial charge in [-0.15, -0.1) is 0 Å². The molecule has 0 spiro atoms. The van der Waals surface area contributed by atoms with Crippen molar-refractivity contribution >= 4 is 17.7 Å². The minimum atomic E-state index is -0.871. The molecule has 3 aliphatic rings. The highest BCUT2D eigenvalue weighted by atomic mass is 16.5. The molecule has 3 rings (SSSR count). The zero-order chi connectivity index (χ0) is 18.6. The van der Waals surface area contributed by atoms with Crippen molar-refractivity contribution in [3.8, 4) is 0 Å². The van der Waals surface area contributed by atoms with Gasteiger partial charge in [0.1, 0.15) is 5.54 Å². The molecular formula is C19H31N3O4. The SMILES string of the molecule is NC(=O)C1(NC(=O)C(CC(=O)N2CCOCC2)CC2CCCCC2)CC1. The summed E-state index contributed by atoms with van der Waals surface area (Å²) in [4.78, 5) is 39.0. The lowest BCUT2D eigenvalue weighted by molar-refractivity contribution is -0.140. The highest BCUT2D eigenvalue weighted by Crippen LogP contribution is 2.36. The van der Waals surface area contributed by atoms with E-state index in [0.29, 0.717) is 45.1 Å². The van der Waals surface area contributed by atoms with Crippen LogP contribution in [0.3, 0.4) is 0 Å². The number of primary amides is 1. The number of ether oxygens (including phenoxy) is 1. The zero-order valence-corrected chi connectivity index (χ0v) is 15.5. The van der Waals surface area contributed by atoms with Crippen LogP contribution in [0.15, 0.2) is 0 Å². The first-order valence-corrected chi connectivity index (χ1v) is 9.98. The van der Waals surface area contributed by atoms with E-state index in [1.54, 1.807) is 4.90 Å². The molecule has 2 aliphatic carbocycles. The highest BCUT2D eigenvalue weighted by Gasteiger charge is 2.50. The fourth-order valence-corrected chi connectivity index (χ4v) is 4.16. The Bertz CT molecular complexity index is 535. The van der Waals surface area contributed by atoms with Crippen LogP contribution < -0.4 is 11.1 Å². The van der Waals surface area contributed by atoms with Crippen LogP contribution >= 0.6 is 0 Å². The van der Waals surface area contributed by atoms with Crippen molar-refractivity contribution in [1.82, 2.24) is 10.2 Å². The molecule has 2 saturated carbocycles. The molecule has 26 heavy (non-hydrogen) atoms. The summed E-state index contributed by atoms with van der Waals surface area (Å²) in [5, 5.41) is 2.86. The molecule has 1 saturated heterocycles. The first-order chi connectivity index (χ1) is 12.5. The minimum absolute atomic E-state index is 0.00758. The van der Waals surface area contributed by atoms with Crippen LogP contribution in [-0.2, 0) is 19.1 Å². The van der Waals surface area contributed by atoms with Gasteiger partial charge < -0.3 is 20.7 Å². The van der Waals surface area contributed by atoms with Gasteiger partial charge in [-0.25, -0.2) is 0 Å². The summed E-state index contributed by atoms with van der Waals surface area (Å²) in [5.41, 5.74) is 4.57. The molecule has 0 aromatic heterocycles. The van der Waals surface area contributed by atoms with Gasteiger partial charge in [0.25, 0.3) is 0 Å². The van der Waals surface area contributed by atoms with E-state index in [2.05, 4.69) is 5.32 Å². The Labute approximate surface area is 155 Å². The number of rotatable bonds is 7. The number of hydrogen-bond acceptors (Lipinski definition) is 4. The third kappa shape index (κ3) is 4.75. The number of carbonyl (C=O) groups excluding carboxylic acids is 3. The van der Waals surface area contributed by atoms with Gasteiger partial charge in [-0.05, 0) is 25.2 Å². The van der Waals surface area contributed by atoms with Crippen LogP contribution in [0, 0.1) is 11.8 Å². The second kappa shape index (κ2) is 8.37. The lowest BCUT2D eigenvalue weighted by Crippen LogP contribution is -2.50. The van der Waals surface area contributed by atoms with E-state index in [4.69, 9.17) is 10.5 Å². The van der Waals surface area contributed by atoms with Crippen molar-refractivity contribution in [1.29, 1.82) is 0 Å². The van der Waals surface area contributed by atoms with Gasteiger partial charge >= 0.3 is 0 Å². The molecule has 1 atom stereocenters. The van der Waals surface area contributed by atoms with Gasteiger partial charge in [0.05, 0.1) is 13.2 Å². The summed E-state index contributed by atoms with van der Waals surface area (Å²) in [5.74, 6) is -0.547. The number of nitrogens with zero attached hydrogens (tertiary/aromatic N) is 1. The number of amides is 3. The van der Waals surface area contributed by atoms with Crippen molar-refractivity contribution in [3.63, 3.8) is 0 Å². The van der Waals surface area contributed by atoms with Gasteiger partial charge in [-0.1, -0.05) is 32.1 Å². The van der Waals surface area contributed by atoms with E-state index in [9.17, 15) is 14.4 Å². The predicted octanol–water partition coefficient (Wildman–Crippen LogP) is 0.956. The monoisotopic (exact) mass is 365 g/mol. The van der Waals surface area contributed by atoms with E-state index in [-0.39, 0.29) is 24.2 Å². The van der Waals surface area contributed by atoms with Crippen LogP contribution in [0.4, 0.5) is 0 Å². The van der Waals surface area contributed by atoms with Crippen LogP contribution in [0.2, 0.25) is 0 Å². The molecule has 0 aromatic rings. The Hall–Kier alpha value is -1.63. The fourth-order valence-electron chi connectivity index (χ4n) is 4.16. The molecule has 3 N–H and O–H groups in total. The van der Waals surface area contributed by atoms with E-state index in [1.807, 2.05) is 0 Å². The third-order valence-corrected chi connectivity index (χ3v) is 6.08. The summed E-state index contributed by atoms with van der Waals surface area (Å²) < 4.78 is 5.30. The Morgan fingerprint density at radius 1 is 1.12 bits per heavy atom. The molecule has 7 heteroatoms. The molecule has 3 fully saturated rings. The average Bonchev–Trinajstić information content (AvgIpc) is 3.43. The quantitative estimate of drug-likeness (QED) is 0.701. The van der Waals surface area contributed by atoms with Crippen LogP contribution in [0.5, 0.6) is 0 Å². The van der Waals surface area contributed by atoms with Gasteiger partial charge in [-0.3, -0.25) is 14.4 Å². The normalized spacial score (nSPS) is 23.9. The molecule has 0 bridgehead atoms. The maximum Gasteiger partial charge on any atom is 0.243 e. The van der Waals surface area contributed by atoms with Crippen molar-refractivity contribution in [2.45, 2.75) is 63.3 Å². The lowest BCUT2D eigenvalue weighted by atomic mass is 9.81. The second-order valence-electron chi connectivity index (χ2n) is 8.07. The number of carbonyl (C=O) groups is 3. The zero-order valence-electron chi connectivity index (χ0n) is 15.5. The van der Waals surface area contributed by atoms with Gasteiger partial charge in [0.2, 0.25) is 17.7 Å². The topological polar surface area (TPSA) is 102 Å². The average molecular weight is 365 g/mol. The second-order valence-corrected chi connectivity index (χ2v) is 8.07. The number of nitrogens with two attached hydrogens (primary N) is 1. The van der Waals surface area contributed by atoms with Crippen LogP contribution in [0.1, 0.15) is 57.8 Å². The Kier molecular flexibility index (Phi) is 6.16. The van der Waals surface area contributed by atoms with Crippen molar-refractivity contribution in [3.05, 3.63) is 0 Å². The summed E-state index contributed by atoms with van der Waals surface area (Å²) in [7, 11) is 0. The maximum atomic E-state index is 12.9. The third-order valence-electron chi connectivity index (χ3n) is 6.08. The van der Waals surface area contributed by atoms with E-state index in [1.165, 1.54) is 19.3 Å². The molecule has 1 unspecified atom stereocenters. The van der Waals surface area contributed by atoms with Crippen LogP contribution in [0.25, 0.3) is 0 Å². The smallest absolute Gasteiger partial charge is 0.243 e. The molecule has 1 aliphatic heterocycles. The van der Waals surface area contributed by atoms with E-state index >= 15 is 0 Å². The van der Waals surface area contributed by atoms with Crippen molar-refractivity contribution in [2.24, 2.45) is 17.6 Å². The predicted molar refractivity (Wildman–Crippen MR) is 96.0 cm³/mol. The van der Waals surface area contributed by atoms with Crippen LogP contribution in [-0.4, -0.2) is 54.5 Å². The Morgan fingerprint density at radius 3 is 2.35 bits per heavy atom.